The Balaban J connectivity index is 1.83. The molecule has 1 aromatic carbocycles. The Bertz CT molecular complexity index is 594. The highest BCUT2D eigenvalue weighted by molar-refractivity contribution is 7.51. The summed E-state index contributed by atoms with van der Waals surface area (Å²) in [5, 5.41) is 1.13. The van der Waals surface area contributed by atoms with Gasteiger partial charge in [-0.05, 0) is 37.0 Å². The SMILES string of the molecule is O=P(O)(O)CCCCCc1cnc2ccccc2c1. The molecule has 1 heterocycles. The predicted octanol–water partition coefficient (Wildman–Crippen LogP) is 3.13. The molecule has 19 heavy (non-hydrogen) atoms. The van der Waals surface area contributed by atoms with E-state index >= 15 is 0 Å². The quantitative estimate of drug-likeness (QED) is 0.629. The molecule has 2 N–H and O–H groups in total. The minimum atomic E-state index is -3.82. The standard InChI is InChI=1S/C14H18NO3P/c16-19(17,18)9-5-1-2-6-12-10-13-7-3-4-8-14(13)15-11-12/h3-4,7-8,10-11H,1-2,5-6,9H2,(H2,16,17,18). The number of fused-ring (bicyclic) bond motifs is 1. The van der Waals surface area contributed by atoms with E-state index in [9.17, 15) is 4.57 Å². The maximum atomic E-state index is 10.7. The van der Waals surface area contributed by atoms with E-state index in [1.54, 1.807) is 0 Å². The monoisotopic (exact) mass is 279 g/mol. The number of rotatable bonds is 6. The average Bonchev–Trinajstić information content (AvgIpc) is 2.37. The Morgan fingerprint density at radius 2 is 1.89 bits per heavy atom. The van der Waals surface area contributed by atoms with Gasteiger partial charge in [-0.15, -0.1) is 0 Å². The van der Waals surface area contributed by atoms with Gasteiger partial charge in [0.15, 0.2) is 0 Å². The Labute approximate surface area is 112 Å². The van der Waals surface area contributed by atoms with Gasteiger partial charge < -0.3 is 9.79 Å². The minimum absolute atomic E-state index is 0.0109. The van der Waals surface area contributed by atoms with Crippen molar-refractivity contribution in [3.63, 3.8) is 0 Å². The molecule has 0 bridgehead atoms. The van der Waals surface area contributed by atoms with Crippen molar-refractivity contribution < 1.29 is 14.4 Å². The first-order valence-electron chi connectivity index (χ1n) is 6.43. The van der Waals surface area contributed by atoms with Crippen LogP contribution < -0.4 is 0 Å². The Morgan fingerprint density at radius 3 is 2.68 bits per heavy atom. The fourth-order valence-corrected chi connectivity index (χ4v) is 2.71. The summed E-state index contributed by atoms with van der Waals surface area (Å²) in [5.74, 6) is 0. The van der Waals surface area contributed by atoms with Crippen molar-refractivity contribution in [1.29, 1.82) is 0 Å². The second kappa shape index (κ2) is 6.29. The Hall–Kier alpha value is -1.22. The number of para-hydroxylation sites is 1. The first-order chi connectivity index (χ1) is 9.04. The highest BCUT2D eigenvalue weighted by atomic mass is 31.2. The highest BCUT2D eigenvalue weighted by Gasteiger charge is 2.11. The average molecular weight is 279 g/mol. The van der Waals surface area contributed by atoms with Gasteiger partial charge in [0.1, 0.15) is 0 Å². The summed E-state index contributed by atoms with van der Waals surface area (Å²) in [7, 11) is -3.82. The molecule has 1 aromatic heterocycles. The smallest absolute Gasteiger partial charge is 0.324 e. The molecule has 2 rings (SSSR count). The lowest BCUT2D eigenvalue weighted by atomic mass is 10.1. The summed E-state index contributed by atoms with van der Waals surface area (Å²) >= 11 is 0. The molecule has 0 saturated carbocycles. The molecule has 0 aliphatic carbocycles. The molecule has 0 saturated heterocycles. The topological polar surface area (TPSA) is 70.4 Å². The molecule has 0 aliphatic heterocycles. The van der Waals surface area contributed by atoms with Crippen molar-refractivity contribution >= 4 is 18.5 Å². The van der Waals surface area contributed by atoms with E-state index in [1.165, 1.54) is 5.56 Å². The zero-order chi connectivity index (χ0) is 13.7. The fraction of sp³-hybridized carbons (Fsp3) is 0.357. The van der Waals surface area contributed by atoms with Crippen LogP contribution in [0.3, 0.4) is 0 Å². The molecule has 102 valence electrons. The van der Waals surface area contributed by atoms with Crippen LogP contribution in [0.4, 0.5) is 0 Å². The Kier molecular flexibility index (Phi) is 4.70. The van der Waals surface area contributed by atoms with Crippen LogP contribution >= 0.6 is 7.60 Å². The molecule has 2 aromatic rings. The van der Waals surface area contributed by atoms with Gasteiger partial charge in [-0.3, -0.25) is 9.55 Å². The van der Waals surface area contributed by atoms with Crippen LogP contribution in [0.1, 0.15) is 24.8 Å². The van der Waals surface area contributed by atoms with Crippen molar-refractivity contribution in [1.82, 2.24) is 4.98 Å². The molecular weight excluding hydrogens is 261 g/mol. The molecule has 0 aliphatic rings. The van der Waals surface area contributed by atoms with E-state index in [1.807, 2.05) is 30.5 Å². The van der Waals surface area contributed by atoms with Crippen LogP contribution in [-0.4, -0.2) is 20.9 Å². The summed E-state index contributed by atoms with van der Waals surface area (Å²) in [6, 6.07) is 10.1. The van der Waals surface area contributed by atoms with Crippen LogP contribution in [-0.2, 0) is 11.0 Å². The van der Waals surface area contributed by atoms with Gasteiger partial charge in [-0.25, -0.2) is 0 Å². The second-order valence-electron chi connectivity index (χ2n) is 4.74. The number of aryl methyl sites for hydroxylation is 1. The van der Waals surface area contributed by atoms with Gasteiger partial charge >= 0.3 is 7.60 Å². The van der Waals surface area contributed by atoms with E-state index in [4.69, 9.17) is 9.79 Å². The maximum absolute atomic E-state index is 10.7. The molecule has 0 fully saturated rings. The van der Waals surface area contributed by atoms with Crippen molar-refractivity contribution in [2.75, 3.05) is 6.16 Å². The van der Waals surface area contributed by atoms with Crippen molar-refractivity contribution in [3.05, 3.63) is 42.1 Å². The van der Waals surface area contributed by atoms with E-state index in [0.29, 0.717) is 6.42 Å². The van der Waals surface area contributed by atoms with Crippen LogP contribution in [0.15, 0.2) is 36.5 Å². The first kappa shape index (κ1) is 14.2. The second-order valence-corrected chi connectivity index (χ2v) is 6.51. The first-order valence-corrected chi connectivity index (χ1v) is 8.23. The molecule has 4 nitrogen and oxygen atoms in total. The molecule has 0 radical (unpaired) electrons. The highest BCUT2D eigenvalue weighted by Crippen LogP contribution is 2.35. The van der Waals surface area contributed by atoms with Crippen LogP contribution in [0, 0.1) is 0 Å². The third-order valence-corrected chi connectivity index (χ3v) is 3.96. The maximum Gasteiger partial charge on any atom is 0.325 e. The summed E-state index contributed by atoms with van der Waals surface area (Å²) < 4.78 is 10.7. The summed E-state index contributed by atoms with van der Waals surface area (Å²) in [5.41, 5.74) is 2.17. The van der Waals surface area contributed by atoms with Gasteiger partial charge in [0.05, 0.1) is 5.52 Å². The van der Waals surface area contributed by atoms with Crippen molar-refractivity contribution in [2.24, 2.45) is 0 Å². The number of hydrogen-bond donors (Lipinski definition) is 2. The van der Waals surface area contributed by atoms with Crippen LogP contribution in [0.5, 0.6) is 0 Å². The van der Waals surface area contributed by atoms with Gasteiger partial charge in [-0.1, -0.05) is 24.6 Å². The van der Waals surface area contributed by atoms with E-state index in [2.05, 4.69) is 11.1 Å². The molecule has 0 unspecified atom stereocenters. The van der Waals surface area contributed by atoms with Gasteiger partial charge in [-0.2, -0.15) is 0 Å². The summed E-state index contributed by atoms with van der Waals surface area (Å²) in [6.07, 6.45) is 5.11. The molecule has 0 spiro atoms. The number of hydrogen-bond acceptors (Lipinski definition) is 2. The minimum Gasteiger partial charge on any atom is -0.324 e. The third-order valence-electron chi connectivity index (χ3n) is 3.06. The largest absolute Gasteiger partial charge is 0.325 e. The number of nitrogens with zero attached hydrogens (tertiary/aromatic N) is 1. The molecule has 5 heteroatoms. The van der Waals surface area contributed by atoms with Crippen molar-refractivity contribution in [3.8, 4) is 0 Å². The van der Waals surface area contributed by atoms with Crippen LogP contribution in [0.25, 0.3) is 10.9 Å². The number of aromatic nitrogens is 1. The van der Waals surface area contributed by atoms with Crippen molar-refractivity contribution in [2.45, 2.75) is 25.7 Å². The Morgan fingerprint density at radius 1 is 1.11 bits per heavy atom. The zero-order valence-electron chi connectivity index (χ0n) is 10.7. The molecular formula is C14H18NO3P. The summed E-state index contributed by atoms with van der Waals surface area (Å²) in [4.78, 5) is 21.9. The fourth-order valence-electron chi connectivity index (χ4n) is 2.08. The third kappa shape index (κ3) is 4.75. The lowest BCUT2D eigenvalue weighted by Crippen LogP contribution is -1.91. The zero-order valence-corrected chi connectivity index (χ0v) is 11.6. The predicted molar refractivity (Wildman–Crippen MR) is 76.2 cm³/mol. The number of pyridine rings is 1. The normalized spacial score (nSPS) is 11.9. The number of unbranched alkanes of at least 4 members (excludes halogenated alkanes) is 2. The lowest BCUT2D eigenvalue weighted by molar-refractivity contribution is 0.371. The number of benzene rings is 1. The molecule has 0 amide bonds. The summed E-state index contributed by atoms with van der Waals surface area (Å²) in [6.45, 7) is 0. The van der Waals surface area contributed by atoms with Gasteiger partial charge in [0, 0.05) is 17.7 Å². The molecule has 0 atom stereocenters. The van der Waals surface area contributed by atoms with E-state index in [0.717, 1.165) is 30.2 Å². The van der Waals surface area contributed by atoms with E-state index in [-0.39, 0.29) is 6.16 Å². The van der Waals surface area contributed by atoms with E-state index < -0.39 is 7.60 Å². The van der Waals surface area contributed by atoms with Crippen LogP contribution in [0.2, 0.25) is 0 Å². The van der Waals surface area contributed by atoms with Gasteiger partial charge in [0.2, 0.25) is 0 Å². The van der Waals surface area contributed by atoms with Gasteiger partial charge in [0.25, 0.3) is 0 Å². The lowest BCUT2D eigenvalue weighted by Gasteiger charge is -2.05.